The number of rotatable bonds is 5. The van der Waals surface area contributed by atoms with Gasteiger partial charge in [-0.1, -0.05) is 36.2 Å². The first-order valence-corrected chi connectivity index (χ1v) is 6.73. The average molecular weight is 285 g/mol. The van der Waals surface area contributed by atoms with Gasteiger partial charge in [0.2, 0.25) is 0 Å². The van der Waals surface area contributed by atoms with Gasteiger partial charge >= 0.3 is 0 Å². The lowest BCUT2D eigenvalue weighted by atomic mass is 10.1. The van der Waals surface area contributed by atoms with Gasteiger partial charge in [-0.05, 0) is 49.4 Å². The Morgan fingerprint density at radius 1 is 1.25 bits per heavy atom. The van der Waals surface area contributed by atoms with E-state index in [9.17, 15) is 0 Å². The molecule has 0 aliphatic rings. The number of hydrogen-bond donors (Lipinski definition) is 0. The van der Waals surface area contributed by atoms with Gasteiger partial charge in [-0.2, -0.15) is 0 Å². The molecule has 0 heterocycles. The molecule has 16 heavy (non-hydrogen) atoms. The minimum absolute atomic E-state index is 0.634. The molecule has 0 aliphatic heterocycles. The van der Waals surface area contributed by atoms with Crippen LogP contribution in [0.25, 0.3) is 0 Å². The minimum atomic E-state index is 0.634. The molecular formula is C14H21BrO. The van der Waals surface area contributed by atoms with Gasteiger partial charge in [0.25, 0.3) is 0 Å². The molecule has 0 saturated heterocycles. The zero-order valence-corrected chi connectivity index (χ0v) is 12.2. The summed E-state index contributed by atoms with van der Waals surface area (Å²) in [6, 6.07) is 4.19. The molecule has 1 atom stereocenters. The van der Waals surface area contributed by atoms with Crippen molar-refractivity contribution in [1.29, 1.82) is 0 Å². The van der Waals surface area contributed by atoms with Gasteiger partial charge in [0.15, 0.2) is 0 Å². The van der Waals surface area contributed by atoms with Gasteiger partial charge in [-0.15, -0.1) is 0 Å². The van der Waals surface area contributed by atoms with E-state index in [2.05, 4.69) is 55.8 Å². The number of halogens is 1. The van der Waals surface area contributed by atoms with Crippen LogP contribution >= 0.6 is 15.9 Å². The van der Waals surface area contributed by atoms with Crippen molar-refractivity contribution < 1.29 is 4.74 Å². The Hall–Kier alpha value is -0.500. The van der Waals surface area contributed by atoms with Gasteiger partial charge in [0, 0.05) is 4.47 Å². The Morgan fingerprint density at radius 3 is 2.31 bits per heavy atom. The number of aryl methyl sites for hydroxylation is 2. The average Bonchev–Trinajstić information content (AvgIpc) is 2.23. The van der Waals surface area contributed by atoms with E-state index in [0.717, 1.165) is 12.4 Å². The molecule has 1 aromatic carbocycles. The van der Waals surface area contributed by atoms with E-state index in [1.54, 1.807) is 0 Å². The summed E-state index contributed by atoms with van der Waals surface area (Å²) in [6.45, 7) is 9.46. The molecule has 0 aliphatic carbocycles. The molecule has 0 bridgehead atoms. The Bertz CT molecular complexity index is 324. The summed E-state index contributed by atoms with van der Waals surface area (Å²) in [5, 5.41) is 0. The third-order valence-electron chi connectivity index (χ3n) is 2.73. The van der Waals surface area contributed by atoms with Crippen LogP contribution in [0.5, 0.6) is 5.75 Å². The van der Waals surface area contributed by atoms with Crippen LogP contribution in [-0.2, 0) is 0 Å². The molecule has 1 unspecified atom stereocenters. The third kappa shape index (κ3) is 3.82. The molecule has 0 aromatic heterocycles. The van der Waals surface area contributed by atoms with Crippen molar-refractivity contribution in [3.63, 3.8) is 0 Å². The van der Waals surface area contributed by atoms with E-state index in [1.165, 1.54) is 28.4 Å². The number of benzene rings is 1. The van der Waals surface area contributed by atoms with Gasteiger partial charge < -0.3 is 4.74 Å². The molecule has 1 aromatic rings. The topological polar surface area (TPSA) is 9.23 Å². The van der Waals surface area contributed by atoms with Crippen molar-refractivity contribution in [2.24, 2.45) is 5.92 Å². The van der Waals surface area contributed by atoms with Crippen LogP contribution in [0, 0.1) is 19.8 Å². The van der Waals surface area contributed by atoms with Crippen LogP contribution in [-0.4, -0.2) is 6.61 Å². The second kappa shape index (κ2) is 6.29. The highest BCUT2D eigenvalue weighted by atomic mass is 79.9. The molecule has 0 amide bonds. The summed E-state index contributed by atoms with van der Waals surface area (Å²) < 4.78 is 7.00. The maximum Gasteiger partial charge on any atom is 0.119 e. The van der Waals surface area contributed by atoms with Crippen LogP contribution in [0.1, 0.15) is 37.8 Å². The summed E-state index contributed by atoms with van der Waals surface area (Å²) in [7, 11) is 0. The fraction of sp³-hybridized carbons (Fsp3) is 0.571. The second-order valence-corrected chi connectivity index (χ2v) is 5.37. The first kappa shape index (κ1) is 13.6. The van der Waals surface area contributed by atoms with Gasteiger partial charge in [-0.25, -0.2) is 0 Å². The molecule has 0 fully saturated rings. The SMILES string of the molecule is CCCC(C)COc1cc(C)c(Br)c(C)c1. The lowest BCUT2D eigenvalue weighted by Gasteiger charge is -2.14. The molecule has 1 rings (SSSR count). The van der Waals surface area contributed by atoms with Crippen molar-refractivity contribution in [2.75, 3.05) is 6.61 Å². The molecular weight excluding hydrogens is 264 g/mol. The Labute approximate surface area is 107 Å². The van der Waals surface area contributed by atoms with Crippen LogP contribution < -0.4 is 4.74 Å². The normalized spacial score (nSPS) is 12.6. The Kier molecular flexibility index (Phi) is 5.33. The van der Waals surface area contributed by atoms with Gasteiger partial charge in [-0.3, -0.25) is 0 Å². The predicted molar refractivity (Wildman–Crippen MR) is 73.2 cm³/mol. The van der Waals surface area contributed by atoms with Gasteiger partial charge in [0.1, 0.15) is 5.75 Å². The quantitative estimate of drug-likeness (QED) is 0.749. The largest absolute Gasteiger partial charge is 0.493 e. The summed E-state index contributed by atoms with van der Waals surface area (Å²) >= 11 is 3.56. The number of hydrogen-bond acceptors (Lipinski definition) is 1. The zero-order chi connectivity index (χ0) is 12.1. The van der Waals surface area contributed by atoms with Crippen LogP contribution in [0.2, 0.25) is 0 Å². The first-order chi connectivity index (χ1) is 7.54. The standard InChI is InChI=1S/C14H21BrO/c1-5-6-10(2)9-16-13-7-11(3)14(15)12(4)8-13/h7-8,10H,5-6,9H2,1-4H3. The van der Waals surface area contributed by atoms with E-state index in [1.807, 2.05) is 0 Å². The zero-order valence-electron chi connectivity index (χ0n) is 10.6. The lowest BCUT2D eigenvalue weighted by molar-refractivity contribution is 0.251. The molecule has 2 heteroatoms. The second-order valence-electron chi connectivity index (χ2n) is 4.58. The van der Waals surface area contributed by atoms with E-state index >= 15 is 0 Å². The fourth-order valence-corrected chi connectivity index (χ4v) is 2.03. The minimum Gasteiger partial charge on any atom is -0.493 e. The predicted octanol–water partition coefficient (Wildman–Crippen LogP) is 4.88. The Morgan fingerprint density at radius 2 is 1.81 bits per heavy atom. The van der Waals surface area contributed by atoms with E-state index in [-0.39, 0.29) is 0 Å². The summed E-state index contributed by atoms with van der Waals surface area (Å²) in [4.78, 5) is 0. The van der Waals surface area contributed by atoms with E-state index in [4.69, 9.17) is 4.74 Å². The maximum atomic E-state index is 5.82. The summed E-state index contributed by atoms with van der Waals surface area (Å²) in [5.41, 5.74) is 2.47. The summed E-state index contributed by atoms with van der Waals surface area (Å²) in [6.07, 6.45) is 2.46. The van der Waals surface area contributed by atoms with Crippen molar-refractivity contribution >= 4 is 15.9 Å². The van der Waals surface area contributed by atoms with Gasteiger partial charge in [0.05, 0.1) is 6.61 Å². The van der Waals surface area contributed by atoms with Crippen molar-refractivity contribution in [3.8, 4) is 5.75 Å². The van der Waals surface area contributed by atoms with Crippen LogP contribution in [0.15, 0.2) is 16.6 Å². The fourth-order valence-electron chi connectivity index (χ4n) is 1.80. The molecule has 0 N–H and O–H groups in total. The first-order valence-electron chi connectivity index (χ1n) is 5.94. The molecule has 1 nitrogen and oxygen atoms in total. The lowest BCUT2D eigenvalue weighted by Crippen LogP contribution is -2.08. The van der Waals surface area contributed by atoms with E-state index < -0.39 is 0 Å². The third-order valence-corrected chi connectivity index (χ3v) is 3.98. The Balaban J connectivity index is 2.61. The van der Waals surface area contributed by atoms with Crippen LogP contribution in [0.3, 0.4) is 0 Å². The molecule has 0 spiro atoms. The number of ether oxygens (including phenoxy) is 1. The smallest absolute Gasteiger partial charge is 0.119 e. The van der Waals surface area contributed by atoms with Crippen LogP contribution in [0.4, 0.5) is 0 Å². The van der Waals surface area contributed by atoms with Crippen molar-refractivity contribution in [3.05, 3.63) is 27.7 Å². The molecule has 0 saturated carbocycles. The van der Waals surface area contributed by atoms with E-state index in [0.29, 0.717) is 5.92 Å². The molecule has 0 radical (unpaired) electrons. The summed E-state index contributed by atoms with van der Waals surface area (Å²) in [5.74, 6) is 1.62. The monoisotopic (exact) mass is 284 g/mol. The van der Waals surface area contributed by atoms with Crippen molar-refractivity contribution in [2.45, 2.75) is 40.5 Å². The maximum absolute atomic E-state index is 5.82. The highest BCUT2D eigenvalue weighted by Crippen LogP contribution is 2.26. The highest BCUT2D eigenvalue weighted by Gasteiger charge is 2.05. The van der Waals surface area contributed by atoms with Crippen molar-refractivity contribution in [1.82, 2.24) is 0 Å². The molecule has 90 valence electrons. The highest BCUT2D eigenvalue weighted by molar-refractivity contribution is 9.10.